The predicted octanol–water partition coefficient (Wildman–Crippen LogP) is 0.848. The van der Waals surface area contributed by atoms with Crippen LogP contribution in [0.3, 0.4) is 0 Å². The van der Waals surface area contributed by atoms with Crippen LogP contribution in [0.15, 0.2) is 38.6 Å². The van der Waals surface area contributed by atoms with Gasteiger partial charge in [0.2, 0.25) is 0 Å². The molecule has 1 aliphatic carbocycles. The van der Waals surface area contributed by atoms with Crippen molar-refractivity contribution in [3.63, 3.8) is 0 Å². The molecule has 1 saturated heterocycles. The van der Waals surface area contributed by atoms with Crippen molar-refractivity contribution >= 4 is 0 Å². The lowest BCUT2D eigenvalue weighted by Crippen LogP contribution is -2.37. The molecule has 22 heavy (non-hydrogen) atoms. The van der Waals surface area contributed by atoms with Crippen molar-refractivity contribution in [3.8, 4) is 0 Å². The molecule has 9 nitrogen and oxygen atoms in total. The van der Waals surface area contributed by atoms with E-state index in [1.807, 2.05) is 0 Å². The van der Waals surface area contributed by atoms with Gasteiger partial charge in [-0.3, -0.25) is 14.3 Å². The second kappa shape index (κ2) is 5.13. The SMILES string of the molecule is CC1(C)OC2C(CN=[N+]=[N-])=C[C@@H](n3ccc(=O)[nH]c3=O)C2O1. The number of rotatable bonds is 3. The van der Waals surface area contributed by atoms with Crippen LogP contribution in [0.25, 0.3) is 10.4 Å². The van der Waals surface area contributed by atoms with Gasteiger partial charge in [0.1, 0.15) is 12.2 Å². The van der Waals surface area contributed by atoms with E-state index >= 15 is 0 Å². The number of azide groups is 1. The van der Waals surface area contributed by atoms with E-state index < -0.39 is 29.2 Å². The van der Waals surface area contributed by atoms with Crippen LogP contribution >= 0.6 is 0 Å². The van der Waals surface area contributed by atoms with E-state index in [9.17, 15) is 9.59 Å². The van der Waals surface area contributed by atoms with Gasteiger partial charge in [0.25, 0.3) is 5.56 Å². The summed E-state index contributed by atoms with van der Waals surface area (Å²) in [7, 11) is 0. The molecule has 1 aliphatic heterocycles. The number of aromatic nitrogens is 2. The van der Waals surface area contributed by atoms with Crippen LogP contribution in [0.5, 0.6) is 0 Å². The summed E-state index contributed by atoms with van der Waals surface area (Å²) in [4.78, 5) is 28.2. The molecule has 2 unspecified atom stereocenters. The second-order valence-electron chi connectivity index (χ2n) is 5.66. The Bertz CT molecular complexity index is 786. The number of aromatic amines is 1. The monoisotopic (exact) mass is 305 g/mol. The third kappa shape index (κ3) is 2.45. The fraction of sp³-hybridized carbons (Fsp3) is 0.538. The van der Waals surface area contributed by atoms with Gasteiger partial charge in [-0.05, 0) is 25.0 Å². The van der Waals surface area contributed by atoms with Crippen LogP contribution in [-0.4, -0.2) is 34.1 Å². The first-order chi connectivity index (χ1) is 10.4. The fourth-order valence-electron chi connectivity index (χ4n) is 2.89. The molecule has 1 fully saturated rings. The molecule has 116 valence electrons. The third-order valence-electron chi connectivity index (χ3n) is 3.70. The Labute approximate surface area is 124 Å². The highest BCUT2D eigenvalue weighted by Crippen LogP contribution is 2.42. The zero-order valence-corrected chi connectivity index (χ0v) is 12.1. The van der Waals surface area contributed by atoms with Crippen LogP contribution in [-0.2, 0) is 9.47 Å². The smallest absolute Gasteiger partial charge is 0.328 e. The van der Waals surface area contributed by atoms with Crippen LogP contribution in [0.4, 0.5) is 0 Å². The zero-order chi connectivity index (χ0) is 15.9. The summed E-state index contributed by atoms with van der Waals surface area (Å²) < 4.78 is 13.1. The first kappa shape index (κ1) is 14.6. The number of H-pyrrole nitrogens is 1. The van der Waals surface area contributed by atoms with Gasteiger partial charge in [-0.2, -0.15) is 0 Å². The molecular formula is C13H15N5O4. The van der Waals surface area contributed by atoms with Crippen LogP contribution in [0, 0.1) is 0 Å². The summed E-state index contributed by atoms with van der Waals surface area (Å²) >= 11 is 0. The van der Waals surface area contributed by atoms with E-state index in [1.165, 1.54) is 16.8 Å². The van der Waals surface area contributed by atoms with Gasteiger partial charge in [-0.25, -0.2) is 4.79 Å². The van der Waals surface area contributed by atoms with Gasteiger partial charge >= 0.3 is 5.69 Å². The Morgan fingerprint density at radius 1 is 1.45 bits per heavy atom. The Hall–Kier alpha value is -2.35. The molecule has 2 heterocycles. The molecular weight excluding hydrogens is 290 g/mol. The molecule has 0 amide bonds. The van der Waals surface area contributed by atoms with Crippen LogP contribution in [0.1, 0.15) is 19.9 Å². The highest BCUT2D eigenvalue weighted by Gasteiger charge is 2.50. The van der Waals surface area contributed by atoms with Crippen LogP contribution in [0.2, 0.25) is 0 Å². The highest BCUT2D eigenvalue weighted by molar-refractivity contribution is 5.27. The average molecular weight is 305 g/mol. The topological polar surface area (TPSA) is 122 Å². The van der Waals surface area contributed by atoms with Gasteiger partial charge in [0.15, 0.2) is 5.79 Å². The Balaban J connectivity index is 2.02. The number of hydrogen-bond acceptors (Lipinski definition) is 5. The van der Waals surface area contributed by atoms with Crippen molar-refractivity contribution in [1.29, 1.82) is 0 Å². The van der Waals surface area contributed by atoms with E-state index in [2.05, 4.69) is 15.0 Å². The van der Waals surface area contributed by atoms with Gasteiger partial charge < -0.3 is 9.47 Å². The van der Waals surface area contributed by atoms with Crippen molar-refractivity contribution in [2.24, 2.45) is 5.11 Å². The summed E-state index contributed by atoms with van der Waals surface area (Å²) in [5.74, 6) is -0.796. The lowest BCUT2D eigenvalue weighted by atomic mass is 10.1. The maximum atomic E-state index is 12.0. The van der Waals surface area contributed by atoms with E-state index in [1.54, 1.807) is 19.9 Å². The first-order valence-corrected chi connectivity index (χ1v) is 6.80. The van der Waals surface area contributed by atoms with Crippen molar-refractivity contribution in [3.05, 3.63) is 55.2 Å². The molecule has 1 N–H and O–H groups in total. The van der Waals surface area contributed by atoms with Gasteiger partial charge in [-0.15, -0.1) is 0 Å². The van der Waals surface area contributed by atoms with E-state index in [-0.39, 0.29) is 12.6 Å². The van der Waals surface area contributed by atoms with Gasteiger partial charge in [0.05, 0.1) is 6.04 Å². The number of nitrogens with one attached hydrogen (secondary N) is 1. The molecule has 9 heteroatoms. The molecule has 3 atom stereocenters. The van der Waals surface area contributed by atoms with Gasteiger partial charge in [-0.1, -0.05) is 11.2 Å². The first-order valence-electron chi connectivity index (χ1n) is 6.80. The highest BCUT2D eigenvalue weighted by atomic mass is 16.8. The molecule has 0 radical (unpaired) electrons. The van der Waals surface area contributed by atoms with Crippen LogP contribution < -0.4 is 11.2 Å². The normalized spacial score (nSPS) is 28.8. The molecule has 2 aliphatic rings. The summed E-state index contributed by atoms with van der Waals surface area (Å²) in [6.07, 6.45) is 2.41. The predicted molar refractivity (Wildman–Crippen MR) is 76.3 cm³/mol. The molecule has 1 aromatic rings. The van der Waals surface area contributed by atoms with Crippen molar-refractivity contribution in [2.75, 3.05) is 6.54 Å². The Morgan fingerprint density at radius 2 is 2.23 bits per heavy atom. The van der Waals surface area contributed by atoms with Crippen molar-refractivity contribution in [1.82, 2.24) is 9.55 Å². The van der Waals surface area contributed by atoms with Gasteiger partial charge in [0, 0.05) is 23.7 Å². The number of nitrogens with zero attached hydrogens (tertiary/aromatic N) is 4. The van der Waals surface area contributed by atoms with E-state index in [0.29, 0.717) is 0 Å². The maximum absolute atomic E-state index is 12.0. The number of fused-ring (bicyclic) bond motifs is 1. The minimum atomic E-state index is -0.796. The molecule has 0 aromatic carbocycles. The van der Waals surface area contributed by atoms with E-state index in [4.69, 9.17) is 15.0 Å². The van der Waals surface area contributed by atoms with Crippen molar-refractivity contribution < 1.29 is 9.47 Å². The lowest BCUT2D eigenvalue weighted by molar-refractivity contribution is -0.148. The largest absolute Gasteiger partial charge is 0.342 e. The number of ether oxygens (including phenoxy) is 2. The molecule has 1 aromatic heterocycles. The van der Waals surface area contributed by atoms with Crippen molar-refractivity contribution in [2.45, 2.75) is 37.9 Å². The summed E-state index contributed by atoms with van der Waals surface area (Å²) in [6, 6.07) is 0.844. The molecule has 0 bridgehead atoms. The second-order valence-corrected chi connectivity index (χ2v) is 5.66. The summed E-state index contributed by atoms with van der Waals surface area (Å²) in [6.45, 7) is 3.71. The third-order valence-corrected chi connectivity index (χ3v) is 3.70. The summed E-state index contributed by atoms with van der Waals surface area (Å²) in [5, 5.41) is 3.56. The Kier molecular flexibility index (Phi) is 3.40. The van der Waals surface area contributed by atoms with E-state index in [0.717, 1.165) is 5.57 Å². The minimum Gasteiger partial charge on any atom is -0.342 e. The lowest BCUT2D eigenvalue weighted by Gasteiger charge is -2.21. The fourth-order valence-corrected chi connectivity index (χ4v) is 2.89. The average Bonchev–Trinajstić information content (AvgIpc) is 2.91. The standard InChI is InChI=1S/C13H15N5O4/c1-13(2)21-10-7(6-15-17-14)5-8(11(10)22-13)18-4-3-9(19)16-12(18)20/h3-5,8,10-11H,6H2,1-2H3,(H,16,19,20)/t8-,10?,11?/m1/s1. The number of hydrogen-bond donors (Lipinski definition) is 1. The Morgan fingerprint density at radius 3 is 2.91 bits per heavy atom. The zero-order valence-electron chi connectivity index (χ0n) is 12.1. The molecule has 0 spiro atoms. The quantitative estimate of drug-likeness (QED) is 0.385. The summed E-state index contributed by atoms with van der Waals surface area (Å²) in [5.41, 5.74) is 8.27. The molecule has 0 saturated carbocycles. The molecule has 3 rings (SSSR count). The minimum absolute atomic E-state index is 0.145. The maximum Gasteiger partial charge on any atom is 0.328 e.